The second-order valence-electron chi connectivity index (χ2n) is 3.20. The number of rotatable bonds is 2. The quantitative estimate of drug-likeness (QED) is 0.742. The monoisotopic (exact) mass is 218 g/mol. The lowest BCUT2D eigenvalue weighted by Crippen LogP contribution is -2.24. The molecule has 1 aliphatic rings. The lowest BCUT2D eigenvalue weighted by Gasteiger charge is -2.18. The summed E-state index contributed by atoms with van der Waals surface area (Å²) in [7, 11) is 0. The number of nitrogens with one attached hydrogen (secondary N) is 1. The number of fused-ring (bicyclic) bond motifs is 1. The van der Waals surface area contributed by atoms with Gasteiger partial charge in [-0.1, -0.05) is 0 Å². The Morgan fingerprint density at radius 1 is 1.38 bits per heavy atom. The van der Waals surface area contributed by atoms with Gasteiger partial charge in [-0.25, -0.2) is 0 Å². The van der Waals surface area contributed by atoms with Crippen LogP contribution >= 0.6 is 0 Å². The Bertz CT molecular complexity index is 451. The molecule has 1 N–H and O–H groups in total. The SMILES string of the molecule is N#CCNC(=O)c1ccc2c(c1)OCCO2. The molecule has 0 unspecified atom stereocenters. The second kappa shape index (κ2) is 4.53. The lowest BCUT2D eigenvalue weighted by molar-refractivity contribution is 0.0957. The van der Waals surface area contributed by atoms with Crippen molar-refractivity contribution in [3.8, 4) is 17.6 Å². The molecular weight excluding hydrogens is 208 g/mol. The fourth-order valence-corrected chi connectivity index (χ4v) is 1.41. The van der Waals surface area contributed by atoms with Gasteiger partial charge in [0, 0.05) is 5.56 Å². The minimum atomic E-state index is -0.293. The molecule has 16 heavy (non-hydrogen) atoms. The van der Waals surface area contributed by atoms with Crippen molar-refractivity contribution in [1.29, 1.82) is 5.26 Å². The van der Waals surface area contributed by atoms with Crippen LogP contribution in [-0.2, 0) is 0 Å². The fourth-order valence-electron chi connectivity index (χ4n) is 1.41. The molecule has 82 valence electrons. The number of hydrogen-bond acceptors (Lipinski definition) is 4. The molecule has 0 atom stereocenters. The van der Waals surface area contributed by atoms with E-state index >= 15 is 0 Å². The van der Waals surface area contributed by atoms with Gasteiger partial charge < -0.3 is 14.8 Å². The number of carbonyl (C=O) groups is 1. The van der Waals surface area contributed by atoms with E-state index in [-0.39, 0.29) is 12.5 Å². The Kier molecular flexibility index (Phi) is 2.92. The van der Waals surface area contributed by atoms with Crippen LogP contribution < -0.4 is 14.8 Å². The van der Waals surface area contributed by atoms with E-state index in [1.807, 2.05) is 6.07 Å². The molecule has 0 aromatic heterocycles. The van der Waals surface area contributed by atoms with Crippen LogP contribution in [0.25, 0.3) is 0 Å². The van der Waals surface area contributed by atoms with Gasteiger partial charge in [0.25, 0.3) is 5.91 Å². The molecule has 1 amide bonds. The summed E-state index contributed by atoms with van der Waals surface area (Å²) in [4.78, 5) is 11.5. The highest BCUT2D eigenvalue weighted by Crippen LogP contribution is 2.30. The van der Waals surface area contributed by atoms with E-state index in [4.69, 9.17) is 14.7 Å². The average molecular weight is 218 g/mol. The zero-order valence-corrected chi connectivity index (χ0v) is 8.53. The van der Waals surface area contributed by atoms with Gasteiger partial charge >= 0.3 is 0 Å². The third-order valence-electron chi connectivity index (χ3n) is 2.13. The van der Waals surface area contributed by atoms with E-state index in [0.717, 1.165) is 0 Å². The molecule has 0 aliphatic carbocycles. The largest absolute Gasteiger partial charge is 0.486 e. The molecule has 0 fully saturated rings. The highest BCUT2D eigenvalue weighted by Gasteiger charge is 2.14. The Morgan fingerprint density at radius 2 is 2.12 bits per heavy atom. The summed E-state index contributed by atoms with van der Waals surface area (Å²) < 4.78 is 10.7. The maximum Gasteiger partial charge on any atom is 0.252 e. The van der Waals surface area contributed by atoms with Crippen molar-refractivity contribution in [2.24, 2.45) is 0 Å². The van der Waals surface area contributed by atoms with E-state index in [0.29, 0.717) is 30.3 Å². The van der Waals surface area contributed by atoms with Crippen LogP contribution in [0.4, 0.5) is 0 Å². The molecule has 0 radical (unpaired) electrons. The molecular formula is C11H10N2O3. The number of ether oxygens (including phenoxy) is 2. The van der Waals surface area contributed by atoms with E-state index in [9.17, 15) is 4.79 Å². The van der Waals surface area contributed by atoms with Crippen molar-refractivity contribution >= 4 is 5.91 Å². The van der Waals surface area contributed by atoms with Crippen LogP contribution in [-0.4, -0.2) is 25.7 Å². The molecule has 1 aliphatic heterocycles. The molecule has 0 spiro atoms. The minimum absolute atomic E-state index is 0.00667. The van der Waals surface area contributed by atoms with Gasteiger partial charge in [-0.05, 0) is 18.2 Å². The molecule has 1 aromatic rings. The van der Waals surface area contributed by atoms with Crippen LogP contribution in [0.5, 0.6) is 11.5 Å². The van der Waals surface area contributed by atoms with Crippen LogP contribution in [0.1, 0.15) is 10.4 Å². The van der Waals surface area contributed by atoms with Gasteiger partial charge in [-0.3, -0.25) is 4.79 Å². The van der Waals surface area contributed by atoms with Crippen LogP contribution in [0, 0.1) is 11.3 Å². The summed E-state index contributed by atoms with van der Waals surface area (Å²) in [6.07, 6.45) is 0. The summed E-state index contributed by atoms with van der Waals surface area (Å²) in [5.41, 5.74) is 0.458. The van der Waals surface area contributed by atoms with Crippen molar-refractivity contribution < 1.29 is 14.3 Å². The van der Waals surface area contributed by atoms with Gasteiger partial charge in [0.2, 0.25) is 0 Å². The number of carbonyl (C=O) groups excluding carboxylic acids is 1. The highest BCUT2D eigenvalue weighted by atomic mass is 16.6. The summed E-state index contributed by atoms with van der Waals surface area (Å²) in [6, 6.07) is 6.78. The fraction of sp³-hybridized carbons (Fsp3) is 0.273. The van der Waals surface area contributed by atoms with Gasteiger partial charge in [0.05, 0.1) is 6.07 Å². The lowest BCUT2D eigenvalue weighted by atomic mass is 10.2. The first kappa shape index (κ1) is 10.3. The second-order valence-corrected chi connectivity index (χ2v) is 3.20. The molecule has 0 saturated carbocycles. The topological polar surface area (TPSA) is 71.4 Å². The van der Waals surface area contributed by atoms with Crippen molar-refractivity contribution in [2.45, 2.75) is 0 Å². The standard InChI is InChI=1S/C11H10N2O3/c12-3-4-13-11(14)8-1-2-9-10(7-8)16-6-5-15-9/h1-2,7H,4-6H2,(H,13,14). The minimum Gasteiger partial charge on any atom is -0.486 e. The maximum absolute atomic E-state index is 11.5. The normalized spacial score (nSPS) is 12.7. The predicted octanol–water partition coefficient (Wildman–Crippen LogP) is 0.711. The zero-order chi connectivity index (χ0) is 11.4. The Morgan fingerprint density at radius 3 is 2.88 bits per heavy atom. The van der Waals surface area contributed by atoms with Gasteiger partial charge in [0.1, 0.15) is 19.8 Å². The number of hydrogen-bond donors (Lipinski definition) is 1. The third-order valence-corrected chi connectivity index (χ3v) is 2.13. The maximum atomic E-state index is 11.5. The third kappa shape index (κ3) is 2.06. The number of amides is 1. The van der Waals surface area contributed by atoms with Crippen LogP contribution in [0.2, 0.25) is 0 Å². The van der Waals surface area contributed by atoms with Crippen molar-refractivity contribution in [3.63, 3.8) is 0 Å². The van der Waals surface area contributed by atoms with E-state index < -0.39 is 0 Å². The van der Waals surface area contributed by atoms with Crippen LogP contribution in [0.3, 0.4) is 0 Å². The first-order valence-corrected chi connectivity index (χ1v) is 4.86. The van der Waals surface area contributed by atoms with Crippen molar-refractivity contribution in [2.75, 3.05) is 19.8 Å². The molecule has 2 rings (SSSR count). The van der Waals surface area contributed by atoms with E-state index in [1.165, 1.54) is 0 Å². The van der Waals surface area contributed by atoms with Crippen molar-refractivity contribution in [3.05, 3.63) is 23.8 Å². The van der Waals surface area contributed by atoms with Crippen molar-refractivity contribution in [1.82, 2.24) is 5.32 Å². The molecule has 5 nitrogen and oxygen atoms in total. The molecule has 5 heteroatoms. The summed E-state index contributed by atoms with van der Waals surface area (Å²) in [5.74, 6) is 0.914. The van der Waals surface area contributed by atoms with Gasteiger partial charge in [-0.2, -0.15) is 5.26 Å². The van der Waals surface area contributed by atoms with E-state index in [1.54, 1.807) is 18.2 Å². The number of benzene rings is 1. The predicted molar refractivity (Wildman–Crippen MR) is 55.4 cm³/mol. The Labute approximate surface area is 92.6 Å². The first-order valence-electron chi connectivity index (χ1n) is 4.86. The first-order chi connectivity index (χ1) is 7.81. The highest BCUT2D eigenvalue weighted by molar-refractivity contribution is 5.95. The summed E-state index contributed by atoms with van der Waals surface area (Å²) in [5, 5.41) is 10.8. The molecule has 1 heterocycles. The van der Waals surface area contributed by atoms with Gasteiger partial charge in [-0.15, -0.1) is 0 Å². The summed E-state index contributed by atoms with van der Waals surface area (Å²) >= 11 is 0. The number of nitrogens with zero attached hydrogens (tertiary/aromatic N) is 1. The molecule has 0 bridgehead atoms. The Hall–Kier alpha value is -2.22. The zero-order valence-electron chi connectivity index (χ0n) is 8.53. The van der Waals surface area contributed by atoms with Crippen LogP contribution in [0.15, 0.2) is 18.2 Å². The van der Waals surface area contributed by atoms with Gasteiger partial charge in [0.15, 0.2) is 11.5 Å². The molecule has 1 aromatic carbocycles. The summed E-state index contributed by atoms with van der Waals surface area (Å²) in [6.45, 7) is 0.997. The van der Waals surface area contributed by atoms with E-state index in [2.05, 4.69) is 5.32 Å². The smallest absolute Gasteiger partial charge is 0.252 e. The molecule has 0 saturated heterocycles. The number of nitriles is 1. The Balaban J connectivity index is 2.17. The average Bonchev–Trinajstić information content (AvgIpc) is 2.35.